The Morgan fingerprint density at radius 3 is 2.81 bits per heavy atom. The van der Waals surface area contributed by atoms with Crippen LogP contribution in [0.15, 0.2) is 63.0 Å². The minimum absolute atomic E-state index is 0.141. The van der Waals surface area contributed by atoms with Crippen molar-refractivity contribution in [2.75, 3.05) is 0 Å². The van der Waals surface area contributed by atoms with E-state index in [-0.39, 0.29) is 10.8 Å². The Morgan fingerprint density at radius 2 is 1.96 bits per heavy atom. The van der Waals surface area contributed by atoms with Crippen LogP contribution < -0.4 is 5.56 Å². The summed E-state index contributed by atoms with van der Waals surface area (Å²) in [5.41, 5.74) is 2.53. The van der Waals surface area contributed by atoms with Crippen molar-refractivity contribution < 1.29 is 4.42 Å². The lowest BCUT2D eigenvalue weighted by Crippen LogP contribution is -2.12. The molecule has 0 unspecified atom stereocenters. The predicted octanol–water partition coefficient (Wildman–Crippen LogP) is 4.13. The molecule has 1 atom stereocenters. The molecule has 1 N–H and O–H groups in total. The van der Waals surface area contributed by atoms with E-state index >= 15 is 0 Å². The Labute approximate surface area is 153 Å². The van der Waals surface area contributed by atoms with Gasteiger partial charge < -0.3 is 9.40 Å². The number of hydrogen-bond donors (Lipinski definition) is 1. The number of para-hydroxylation sites is 1. The zero-order valence-corrected chi connectivity index (χ0v) is 15.1. The zero-order valence-electron chi connectivity index (χ0n) is 14.3. The van der Waals surface area contributed by atoms with Crippen LogP contribution in [0.4, 0.5) is 0 Å². The summed E-state index contributed by atoms with van der Waals surface area (Å²) in [5.74, 6) is 1.05. The number of nitrogens with zero attached hydrogens (tertiary/aromatic N) is 3. The highest BCUT2D eigenvalue weighted by Gasteiger charge is 2.17. The fraction of sp³-hybridized carbons (Fsp3) is 0.158. The second-order valence-electron chi connectivity index (χ2n) is 5.97. The van der Waals surface area contributed by atoms with Crippen LogP contribution in [0.3, 0.4) is 0 Å². The first-order valence-electron chi connectivity index (χ1n) is 8.16. The Morgan fingerprint density at radius 1 is 1.12 bits per heavy atom. The highest BCUT2D eigenvalue weighted by molar-refractivity contribution is 7.99. The van der Waals surface area contributed by atoms with Crippen molar-refractivity contribution in [3.05, 3.63) is 70.3 Å². The molecular formula is C19H16N4O2S. The molecule has 7 heteroatoms. The number of benzene rings is 2. The van der Waals surface area contributed by atoms with Crippen molar-refractivity contribution in [2.45, 2.75) is 24.3 Å². The third-order valence-electron chi connectivity index (χ3n) is 3.97. The van der Waals surface area contributed by atoms with Gasteiger partial charge in [-0.2, -0.15) is 0 Å². The van der Waals surface area contributed by atoms with Crippen LogP contribution in [0.2, 0.25) is 0 Å². The van der Waals surface area contributed by atoms with Gasteiger partial charge in [-0.25, -0.2) is 4.98 Å². The van der Waals surface area contributed by atoms with Gasteiger partial charge in [-0.15, -0.1) is 10.2 Å². The van der Waals surface area contributed by atoms with Crippen molar-refractivity contribution in [3.8, 4) is 11.5 Å². The first-order valence-corrected chi connectivity index (χ1v) is 9.04. The summed E-state index contributed by atoms with van der Waals surface area (Å²) >= 11 is 1.36. The number of fused-ring (bicyclic) bond motifs is 1. The SMILES string of the molecule is Cc1cccc(-c2nnc(S[C@H](C)c3nc4ccccc4c(=O)[nH]3)o2)c1. The molecule has 0 amide bonds. The molecule has 0 aliphatic carbocycles. The lowest BCUT2D eigenvalue weighted by Gasteiger charge is -2.08. The van der Waals surface area contributed by atoms with Crippen molar-refractivity contribution >= 4 is 22.7 Å². The summed E-state index contributed by atoms with van der Waals surface area (Å²) in [7, 11) is 0. The van der Waals surface area contributed by atoms with Gasteiger partial charge in [0.15, 0.2) is 0 Å². The van der Waals surface area contributed by atoms with Crippen molar-refractivity contribution in [1.29, 1.82) is 0 Å². The Hall–Kier alpha value is -2.93. The fourth-order valence-corrected chi connectivity index (χ4v) is 3.40. The van der Waals surface area contributed by atoms with Crippen LogP contribution in [-0.4, -0.2) is 20.2 Å². The highest BCUT2D eigenvalue weighted by Crippen LogP contribution is 2.33. The minimum atomic E-state index is -0.149. The van der Waals surface area contributed by atoms with Crippen molar-refractivity contribution in [1.82, 2.24) is 20.2 Å². The second kappa shape index (κ2) is 6.76. The van der Waals surface area contributed by atoms with Gasteiger partial charge in [-0.3, -0.25) is 4.79 Å². The maximum Gasteiger partial charge on any atom is 0.277 e. The average molecular weight is 364 g/mol. The lowest BCUT2D eigenvalue weighted by molar-refractivity contribution is 0.465. The van der Waals surface area contributed by atoms with Crippen molar-refractivity contribution in [2.24, 2.45) is 0 Å². The monoisotopic (exact) mass is 364 g/mol. The first-order chi connectivity index (χ1) is 12.6. The summed E-state index contributed by atoms with van der Waals surface area (Å²) in [4.78, 5) is 19.6. The van der Waals surface area contributed by atoms with E-state index in [4.69, 9.17) is 4.42 Å². The second-order valence-corrected chi connectivity index (χ2v) is 7.26. The van der Waals surface area contributed by atoms with Gasteiger partial charge in [0.2, 0.25) is 5.89 Å². The highest BCUT2D eigenvalue weighted by atomic mass is 32.2. The molecule has 26 heavy (non-hydrogen) atoms. The smallest absolute Gasteiger partial charge is 0.277 e. The zero-order chi connectivity index (χ0) is 18.1. The molecule has 0 spiro atoms. The van der Waals surface area contributed by atoms with Crippen LogP contribution in [0.1, 0.15) is 23.6 Å². The molecule has 4 aromatic rings. The van der Waals surface area contributed by atoms with E-state index < -0.39 is 0 Å². The Bertz CT molecular complexity index is 1140. The van der Waals surface area contributed by atoms with E-state index in [9.17, 15) is 4.79 Å². The molecule has 0 aliphatic rings. The van der Waals surface area contributed by atoms with Gasteiger partial charge in [0, 0.05) is 5.56 Å². The molecule has 0 radical (unpaired) electrons. The standard InChI is InChI=1S/C19H16N4O2S/c1-11-6-5-7-13(10-11)18-22-23-19(25-18)26-12(2)16-20-15-9-4-3-8-14(15)17(24)21-16/h3-10,12H,1-2H3,(H,20,21,24)/t12-/m1/s1. The average Bonchev–Trinajstić information content (AvgIpc) is 3.10. The van der Waals surface area contributed by atoms with Crippen LogP contribution in [0.25, 0.3) is 22.4 Å². The summed E-state index contributed by atoms with van der Waals surface area (Å²) in [6.45, 7) is 3.95. The number of hydrogen-bond acceptors (Lipinski definition) is 6. The van der Waals surface area contributed by atoms with Gasteiger partial charge in [-0.1, -0.05) is 41.6 Å². The number of rotatable bonds is 4. The third kappa shape index (κ3) is 3.25. The van der Waals surface area contributed by atoms with E-state index in [1.807, 2.05) is 56.3 Å². The Kier molecular flexibility index (Phi) is 4.30. The molecule has 6 nitrogen and oxygen atoms in total. The quantitative estimate of drug-likeness (QED) is 0.548. The molecule has 2 aromatic heterocycles. The maximum absolute atomic E-state index is 12.2. The summed E-state index contributed by atoms with van der Waals surface area (Å²) in [6, 6.07) is 15.2. The molecule has 0 bridgehead atoms. The maximum atomic E-state index is 12.2. The van der Waals surface area contributed by atoms with Crippen LogP contribution in [0, 0.1) is 6.92 Å². The molecule has 0 saturated carbocycles. The van der Waals surface area contributed by atoms with Crippen molar-refractivity contribution in [3.63, 3.8) is 0 Å². The molecule has 2 aromatic carbocycles. The molecule has 0 aliphatic heterocycles. The van der Waals surface area contributed by atoms with Crippen LogP contribution >= 0.6 is 11.8 Å². The van der Waals surface area contributed by atoms with Gasteiger partial charge in [0.05, 0.1) is 16.2 Å². The van der Waals surface area contributed by atoms with E-state index in [2.05, 4.69) is 20.2 Å². The van der Waals surface area contributed by atoms with Crippen LogP contribution in [-0.2, 0) is 0 Å². The molecule has 0 saturated heterocycles. The summed E-state index contributed by atoms with van der Waals surface area (Å²) < 4.78 is 5.76. The first kappa shape index (κ1) is 16.5. The number of thioether (sulfide) groups is 1. The largest absolute Gasteiger partial charge is 0.411 e. The summed E-state index contributed by atoms with van der Waals surface area (Å²) in [6.07, 6.45) is 0. The van der Waals surface area contributed by atoms with E-state index in [1.54, 1.807) is 6.07 Å². The van der Waals surface area contributed by atoms with E-state index in [0.717, 1.165) is 11.1 Å². The summed E-state index contributed by atoms with van der Waals surface area (Å²) in [5, 5.41) is 9.08. The van der Waals surface area contributed by atoms with Crippen LogP contribution in [0.5, 0.6) is 0 Å². The Balaban J connectivity index is 1.59. The van der Waals surface area contributed by atoms with E-state index in [1.165, 1.54) is 11.8 Å². The lowest BCUT2D eigenvalue weighted by atomic mass is 10.1. The normalized spacial score (nSPS) is 12.4. The topological polar surface area (TPSA) is 84.7 Å². The molecular weight excluding hydrogens is 348 g/mol. The van der Waals surface area contributed by atoms with Gasteiger partial charge >= 0.3 is 0 Å². The van der Waals surface area contributed by atoms with Gasteiger partial charge in [-0.05, 0) is 38.1 Å². The molecule has 2 heterocycles. The third-order valence-corrected chi connectivity index (χ3v) is 4.91. The minimum Gasteiger partial charge on any atom is -0.411 e. The van der Waals surface area contributed by atoms with Gasteiger partial charge in [0.25, 0.3) is 10.8 Å². The molecule has 0 fully saturated rings. The number of aryl methyl sites for hydroxylation is 1. The van der Waals surface area contributed by atoms with Gasteiger partial charge in [0.1, 0.15) is 5.82 Å². The van der Waals surface area contributed by atoms with E-state index in [0.29, 0.717) is 27.8 Å². The number of nitrogens with one attached hydrogen (secondary N) is 1. The molecule has 130 valence electrons. The number of aromatic amines is 1. The number of H-pyrrole nitrogens is 1. The molecule has 4 rings (SSSR count). The predicted molar refractivity (Wildman–Crippen MR) is 101 cm³/mol. The number of aromatic nitrogens is 4. The fourth-order valence-electron chi connectivity index (χ4n) is 2.66.